The van der Waals surface area contributed by atoms with E-state index in [4.69, 9.17) is 24.3 Å². The van der Waals surface area contributed by atoms with Crippen LogP contribution in [0.2, 0.25) is 0 Å². The van der Waals surface area contributed by atoms with E-state index in [1.54, 1.807) is 0 Å². The van der Waals surface area contributed by atoms with Gasteiger partial charge in [0, 0.05) is 11.1 Å². The first-order valence-electron chi connectivity index (χ1n) is 12.6. The summed E-state index contributed by atoms with van der Waals surface area (Å²) in [5, 5.41) is 2.22. The lowest BCUT2D eigenvalue weighted by molar-refractivity contribution is 0.00578. The van der Waals surface area contributed by atoms with Gasteiger partial charge in [-0.15, -0.1) is 0 Å². The molecule has 37 heavy (non-hydrogen) atoms. The van der Waals surface area contributed by atoms with Gasteiger partial charge >= 0.3 is 7.12 Å². The maximum absolute atomic E-state index is 6.32. The summed E-state index contributed by atoms with van der Waals surface area (Å²) >= 11 is 0. The zero-order chi connectivity index (χ0) is 25.6. The molecular weight excluding hydrogens is 457 g/mol. The molecule has 1 fully saturated rings. The van der Waals surface area contributed by atoms with Crippen molar-refractivity contribution in [3.05, 3.63) is 97.1 Å². The molecule has 0 unspecified atom stereocenters. The van der Waals surface area contributed by atoms with Crippen LogP contribution in [-0.4, -0.2) is 33.3 Å². The van der Waals surface area contributed by atoms with E-state index in [2.05, 4.69) is 60.7 Å². The van der Waals surface area contributed by atoms with Gasteiger partial charge in [0.1, 0.15) is 0 Å². The van der Waals surface area contributed by atoms with Gasteiger partial charge in [0.15, 0.2) is 17.4 Å². The van der Waals surface area contributed by atoms with Crippen LogP contribution >= 0.6 is 0 Å². The van der Waals surface area contributed by atoms with E-state index in [9.17, 15) is 0 Å². The van der Waals surface area contributed by atoms with Gasteiger partial charge in [0.05, 0.1) is 11.2 Å². The summed E-state index contributed by atoms with van der Waals surface area (Å²) in [6.45, 7) is 8.12. The lowest BCUT2D eigenvalue weighted by Crippen LogP contribution is -2.41. The van der Waals surface area contributed by atoms with E-state index in [1.165, 1.54) is 11.1 Å². The maximum Gasteiger partial charge on any atom is 0.534 e. The van der Waals surface area contributed by atoms with E-state index >= 15 is 0 Å². The van der Waals surface area contributed by atoms with Crippen molar-refractivity contribution in [3.63, 3.8) is 0 Å². The van der Waals surface area contributed by atoms with Gasteiger partial charge in [-0.05, 0) is 55.7 Å². The van der Waals surface area contributed by atoms with Crippen molar-refractivity contribution in [1.82, 2.24) is 15.0 Å². The van der Waals surface area contributed by atoms with Crippen LogP contribution in [0.1, 0.15) is 27.7 Å². The van der Waals surface area contributed by atoms with Crippen molar-refractivity contribution in [2.45, 2.75) is 38.9 Å². The molecule has 0 amide bonds. The van der Waals surface area contributed by atoms with Gasteiger partial charge in [-0.3, -0.25) is 0 Å². The average molecular weight is 485 g/mol. The first-order valence-corrected chi connectivity index (χ1v) is 12.6. The first-order chi connectivity index (χ1) is 17.8. The molecule has 1 saturated heterocycles. The third-order valence-corrected chi connectivity index (χ3v) is 7.40. The second-order valence-corrected chi connectivity index (χ2v) is 10.4. The zero-order valence-electron chi connectivity index (χ0n) is 21.5. The Balaban J connectivity index is 1.54. The number of aromatic nitrogens is 3. The molecule has 1 aliphatic heterocycles. The van der Waals surface area contributed by atoms with Crippen molar-refractivity contribution >= 4 is 23.6 Å². The van der Waals surface area contributed by atoms with Crippen LogP contribution in [0.5, 0.6) is 0 Å². The molecule has 6 rings (SSSR count). The molecule has 4 aromatic carbocycles. The van der Waals surface area contributed by atoms with E-state index in [0.717, 1.165) is 21.9 Å². The number of hydrogen-bond acceptors (Lipinski definition) is 5. The standard InChI is InChI=1S/C31H28BN3O2/c1-30(2)31(3,4)37-32(36-30)29-34-27(22-15-9-6-10-16-22)33-28(35-29)26-20-19-23(21-13-7-5-8-14-21)24-17-11-12-18-25(24)26/h5-20H,1-4H3. The molecule has 6 heteroatoms. The Morgan fingerprint density at radius 3 is 1.62 bits per heavy atom. The van der Waals surface area contributed by atoms with E-state index in [-0.39, 0.29) is 0 Å². The van der Waals surface area contributed by atoms with Gasteiger partial charge in [-0.1, -0.05) is 91.0 Å². The number of nitrogens with zero attached hydrogens (tertiary/aromatic N) is 3. The van der Waals surface area contributed by atoms with E-state index in [1.807, 2.05) is 64.1 Å². The summed E-state index contributed by atoms with van der Waals surface area (Å²) in [6, 6.07) is 33.0. The predicted octanol–water partition coefficient (Wildman–Crippen LogP) is 6.33. The Kier molecular flexibility index (Phi) is 5.66. The van der Waals surface area contributed by atoms with Crippen LogP contribution < -0.4 is 5.72 Å². The molecular formula is C31H28BN3O2. The molecule has 1 aromatic heterocycles. The van der Waals surface area contributed by atoms with Crippen molar-refractivity contribution in [1.29, 1.82) is 0 Å². The molecule has 5 aromatic rings. The number of rotatable bonds is 4. The molecule has 0 bridgehead atoms. The number of fused-ring (bicyclic) bond motifs is 1. The lowest BCUT2D eigenvalue weighted by Gasteiger charge is -2.32. The molecule has 182 valence electrons. The van der Waals surface area contributed by atoms with Gasteiger partial charge in [0.25, 0.3) is 0 Å². The van der Waals surface area contributed by atoms with E-state index in [0.29, 0.717) is 17.4 Å². The quantitative estimate of drug-likeness (QED) is 0.279. The number of benzene rings is 4. The van der Waals surface area contributed by atoms with Gasteiger partial charge in [-0.2, -0.15) is 0 Å². The fourth-order valence-corrected chi connectivity index (χ4v) is 4.65. The Morgan fingerprint density at radius 1 is 0.514 bits per heavy atom. The Morgan fingerprint density at radius 2 is 1.00 bits per heavy atom. The summed E-state index contributed by atoms with van der Waals surface area (Å²) in [4.78, 5) is 14.7. The molecule has 0 atom stereocenters. The lowest BCUT2D eigenvalue weighted by atomic mass is 9.88. The Hall–Kier alpha value is -3.87. The highest BCUT2D eigenvalue weighted by molar-refractivity contribution is 6.60. The van der Waals surface area contributed by atoms with Crippen LogP contribution in [-0.2, 0) is 9.31 Å². The summed E-state index contributed by atoms with van der Waals surface area (Å²) in [7, 11) is -0.691. The predicted molar refractivity (Wildman–Crippen MR) is 149 cm³/mol. The van der Waals surface area contributed by atoms with Crippen LogP contribution in [0.25, 0.3) is 44.7 Å². The van der Waals surface area contributed by atoms with Crippen LogP contribution in [0.15, 0.2) is 97.1 Å². The van der Waals surface area contributed by atoms with Crippen molar-refractivity contribution < 1.29 is 9.31 Å². The van der Waals surface area contributed by atoms with Crippen LogP contribution in [0.3, 0.4) is 0 Å². The molecule has 5 nitrogen and oxygen atoms in total. The van der Waals surface area contributed by atoms with Gasteiger partial charge in [0.2, 0.25) is 0 Å². The fraction of sp³-hybridized carbons (Fsp3) is 0.194. The molecule has 0 N–H and O–H groups in total. The highest BCUT2D eigenvalue weighted by Gasteiger charge is 2.53. The summed E-state index contributed by atoms with van der Waals surface area (Å²) in [6.07, 6.45) is 0. The van der Waals surface area contributed by atoms with Crippen molar-refractivity contribution in [3.8, 4) is 33.9 Å². The van der Waals surface area contributed by atoms with Crippen LogP contribution in [0.4, 0.5) is 0 Å². The van der Waals surface area contributed by atoms with Gasteiger partial charge in [-0.25, -0.2) is 15.0 Å². The minimum atomic E-state index is -0.691. The Labute approximate surface area is 217 Å². The molecule has 2 heterocycles. The van der Waals surface area contributed by atoms with Crippen molar-refractivity contribution in [2.24, 2.45) is 0 Å². The zero-order valence-corrected chi connectivity index (χ0v) is 21.5. The molecule has 0 aliphatic carbocycles. The molecule has 0 radical (unpaired) electrons. The SMILES string of the molecule is CC1(C)OB(c2nc(-c3ccccc3)nc(-c3ccc(-c4ccccc4)c4ccccc34)n2)OC1(C)C. The third-order valence-electron chi connectivity index (χ3n) is 7.40. The monoisotopic (exact) mass is 485 g/mol. The Bertz CT molecular complexity index is 1570. The smallest absolute Gasteiger partial charge is 0.397 e. The topological polar surface area (TPSA) is 57.1 Å². The van der Waals surface area contributed by atoms with E-state index < -0.39 is 18.3 Å². The largest absolute Gasteiger partial charge is 0.534 e. The maximum atomic E-state index is 6.32. The minimum absolute atomic E-state index is 0.471. The fourth-order valence-electron chi connectivity index (χ4n) is 4.65. The molecule has 1 aliphatic rings. The highest BCUT2D eigenvalue weighted by atomic mass is 16.7. The third kappa shape index (κ3) is 4.22. The first kappa shape index (κ1) is 23.5. The van der Waals surface area contributed by atoms with Gasteiger partial charge < -0.3 is 9.31 Å². The normalized spacial score (nSPS) is 16.3. The van der Waals surface area contributed by atoms with Crippen molar-refractivity contribution in [2.75, 3.05) is 0 Å². The highest BCUT2D eigenvalue weighted by Crippen LogP contribution is 2.37. The minimum Gasteiger partial charge on any atom is -0.397 e. The second kappa shape index (κ2) is 8.91. The number of hydrogen-bond donors (Lipinski definition) is 0. The summed E-state index contributed by atoms with van der Waals surface area (Å²) < 4.78 is 12.6. The average Bonchev–Trinajstić information content (AvgIpc) is 3.15. The molecule has 0 saturated carbocycles. The summed E-state index contributed by atoms with van der Waals surface area (Å²) in [5.74, 6) is 1.18. The second-order valence-electron chi connectivity index (χ2n) is 10.4. The molecule has 0 spiro atoms. The summed E-state index contributed by atoms with van der Waals surface area (Å²) in [5.41, 5.74) is 3.66. The van der Waals surface area contributed by atoms with Crippen LogP contribution in [0, 0.1) is 0 Å².